The van der Waals surface area contributed by atoms with Crippen LogP contribution in [0.1, 0.15) is 0 Å². The molecule has 0 saturated carbocycles. The molecule has 4 rings (SSSR count). The Kier molecular flexibility index (Phi) is 5.44. The van der Waals surface area contributed by atoms with Crippen LogP contribution in [0.5, 0.6) is 0 Å². The number of anilines is 3. The Labute approximate surface area is 160 Å². The lowest BCUT2D eigenvalue weighted by atomic mass is 10.2. The van der Waals surface area contributed by atoms with Crippen molar-refractivity contribution in [3.8, 4) is 0 Å². The van der Waals surface area contributed by atoms with E-state index in [4.69, 9.17) is 4.74 Å². The summed E-state index contributed by atoms with van der Waals surface area (Å²) >= 11 is 0. The van der Waals surface area contributed by atoms with Crippen LogP contribution in [0.15, 0.2) is 54.6 Å². The molecule has 2 heterocycles. The Morgan fingerprint density at radius 2 is 1.44 bits per heavy atom. The summed E-state index contributed by atoms with van der Waals surface area (Å²) in [5, 5.41) is 3.12. The highest BCUT2D eigenvalue weighted by Gasteiger charge is 2.22. The normalized spacial score (nSPS) is 17.7. The van der Waals surface area contributed by atoms with Gasteiger partial charge in [-0.05, 0) is 24.3 Å². The molecule has 2 fully saturated rings. The number of nitrogens with zero attached hydrogens (tertiary/aromatic N) is 3. The van der Waals surface area contributed by atoms with Crippen LogP contribution >= 0.6 is 0 Å². The molecular weight excluding hydrogens is 340 g/mol. The fourth-order valence-corrected chi connectivity index (χ4v) is 3.66. The molecule has 2 aliphatic heterocycles. The number of piperazine rings is 1. The number of carbonyl (C=O) groups is 1. The Bertz CT molecular complexity index is 754. The zero-order valence-corrected chi connectivity index (χ0v) is 15.5. The van der Waals surface area contributed by atoms with E-state index < -0.39 is 0 Å². The SMILES string of the molecule is O=C(Nc1ccccc1N1CCOCC1)N1CCN(c2ccccc2)CC1. The summed E-state index contributed by atoms with van der Waals surface area (Å²) < 4.78 is 5.44. The number of para-hydroxylation sites is 3. The largest absolute Gasteiger partial charge is 0.378 e. The quantitative estimate of drug-likeness (QED) is 0.907. The molecule has 6 heteroatoms. The summed E-state index contributed by atoms with van der Waals surface area (Å²) in [7, 11) is 0. The summed E-state index contributed by atoms with van der Waals surface area (Å²) in [6.45, 7) is 6.30. The van der Waals surface area contributed by atoms with Gasteiger partial charge < -0.3 is 24.8 Å². The first kappa shape index (κ1) is 17.7. The molecule has 0 radical (unpaired) electrons. The van der Waals surface area contributed by atoms with E-state index in [9.17, 15) is 4.79 Å². The van der Waals surface area contributed by atoms with Crippen LogP contribution < -0.4 is 15.1 Å². The number of amides is 2. The number of hydrogen-bond donors (Lipinski definition) is 1. The number of rotatable bonds is 3. The Morgan fingerprint density at radius 3 is 2.19 bits per heavy atom. The minimum absolute atomic E-state index is 0.0246. The van der Waals surface area contributed by atoms with Crippen molar-refractivity contribution in [2.24, 2.45) is 0 Å². The second-order valence-electron chi connectivity index (χ2n) is 6.86. The van der Waals surface area contributed by atoms with E-state index in [0.717, 1.165) is 63.9 Å². The zero-order valence-electron chi connectivity index (χ0n) is 15.5. The zero-order chi connectivity index (χ0) is 18.5. The van der Waals surface area contributed by atoms with Gasteiger partial charge in [-0.1, -0.05) is 30.3 Å². The lowest BCUT2D eigenvalue weighted by molar-refractivity contribution is 0.123. The molecule has 2 amide bonds. The average Bonchev–Trinajstić information content (AvgIpc) is 2.75. The number of hydrogen-bond acceptors (Lipinski definition) is 4. The van der Waals surface area contributed by atoms with Gasteiger partial charge in [0, 0.05) is 45.0 Å². The number of urea groups is 1. The molecule has 2 saturated heterocycles. The molecule has 0 spiro atoms. The second-order valence-corrected chi connectivity index (χ2v) is 6.86. The average molecular weight is 366 g/mol. The van der Waals surface area contributed by atoms with Gasteiger partial charge in [-0.3, -0.25) is 0 Å². The van der Waals surface area contributed by atoms with E-state index >= 15 is 0 Å². The number of carbonyl (C=O) groups excluding carboxylic acids is 1. The highest BCUT2D eigenvalue weighted by molar-refractivity contribution is 5.93. The van der Waals surface area contributed by atoms with Crippen LogP contribution in [0.3, 0.4) is 0 Å². The van der Waals surface area contributed by atoms with E-state index in [2.05, 4.69) is 45.4 Å². The predicted octanol–water partition coefficient (Wildman–Crippen LogP) is 2.88. The Balaban J connectivity index is 1.37. The van der Waals surface area contributed by atoms with Crippen molar-refractivity contribution >= 4 is 23.1 Å². The summed E-state index contributed by atoms with van der Waals surface area (Å²) in [4.78, 5) is 19.3. The maximum absolute atomic E-state index is 12.8. The molecule has 6 nitrogen and oxygen atoms in total. The van der Waals surface area contributed by atoms with E-state index in [0.29, 0.717) is 0 Å². The van der Waals surface area contributed by atoms with Crippen LogP contribution in [0, 0.1) is 0 Å². The van der Waals surface area contributed by atoms with Gasteiger partial charge in [0.1, 0.15) is 0 Å². The summed E-state index contributed by atoms with van der Waals surface area (Å²) in [6, 6.07) is 18.4. The van der Waals surface area contributed by atoms with Gasteiger partial charge in [-0.2, -0.15) is 0 Å². The minimum atomic E-state index is -0.0246. The van der Waals surface area contributed by atoms with Gasteiger partial charge in [0.15, 0.2) is 0 Å². The third-order valence-electron chi connectivity index (χ3n) is 5.19. The maximum Gasteiger partial charge on any atom is 0.322 e. The van der Waals surface area contributed by atoms with E-state index in [-0.39, 0.29) is 6.03 Å². The van der Waals surface area contributed by atoms with Gasteiger partial charge >= 0.3 is 6.03 Å². The van der Waals surface area contributed by atoms with Gasteiger partial charge in [-0.15, -0.1) is 0 Å². The molecule has 0 atom stereocenters. The van der Waals surface area contributed by atoms with E-state index in [1.807, 2.05) is 29.2 Å². The summed E-state index contributed by atoms with van der Waals surface area (Å²) in [5.41, 5.74) is 3.15. The summed E-state index contributed by atoms with van der Waals surface area (Å²) in [5.74, 6) is 0. The van der Waals surface area contributed by atoms with Crippen LogP contribution in [0.25, 0.3) is 0 Å². The number of ether oxygens (including phenoxy) is 1. The monoisotopic (exact) mass is 366 g/mol. The first-order chi connectivity index (χ1) is 13.3. The van der Waals surface area contributed by atoms with E-state index in [1.54, 1.807) is 0 Å². The second kappa shape index (κ2) is 8.31. The lowest BCUT2D eigenvalue weighted by Gasteiger charge is -2.36. The highest BCUT2D eigenvalue weighted by Crippen LogP contribution is 2.27. The molecule has 0 aromatic heterocycles. The molecular formula is C21H26N4O2. The molecule has 2 aromatic rings. The molecule has 142 valence electrons. The predicted molar refractivity (Wildman–Crippen MR) is 109 cm³/mol. The third kappa shape index (κ3) is 4.17. The smallest absolute Gasteiger partial charge is 0.322 e. The topological polar surface area (TPSA) is 48.1 Å². The molecule has 0 unspecified atom stereocenters. The Hall–Kier alpha value is -2.73. The van der Waals surface area contributed by atoms with Crippen molar-refractivity contribution in [3.05, 3.63) is 54.6 Å². The first-order valence-electron chi connectivity index (χ1n) is 9.59. The summed E-state index contributed by atoms with van der Waals surface area (Å²) in [6.07, 6.45) is 0. The maximum atomic E-state index is 12.8. The van der Waals surface area contributed by atoms with Gasteiger partial charge in [-0.25, -0.2) is 4.79 Å². The fraction of sp³-hybridized carbons (Fsp3) is 0.381. The van der Waals surface area contributed by atoms with Crippen LogP contribution in [-0.4, -0.2) is 63.4 Å². The number of benzene rings is 2. The van der Waals surface area contributed by atoms with Crippen molar-refractivity contribution in [1.29, 1.82) is 0 Å². The van der Waals surface area contributed by atoms with Gasteiger partial charge in [0.25, 0.3) is 0 Å². The molecule has 0 aliphatic carbocycles. The van der Waals surface area contributed by atoms with Crippen LogP contribution in [0.2, 0.25) is 0 Å². The van der Waals surface area contributed by atoms with E-state index in [1.165, 1.54) is 5.69 Å². The standard InChI is InChI=1S/C21H26N4O2/c26-21(25-12-10-23(11-13-25)18-6-2-1-3-7-18)22-19-8-4-5-9-20(19)24-14-16-27-17-15-24/h1-9H,10-17H2,(H,22,26). The highest BCUT2D eigenvalue weighted by atomic mass is 16.5. The van der Waals surface area contributed by atoms with Gasteiger partial charge in [0.05, 0.1) is 24.6 Å². The van der Waals surface area contributed by atoms with Crippen molar-refractivity contribution in [1.82, 2.24) is 4.90 Å². The lowest BCUT2D eigenvalue weighted by Crippen LogP contribution is -2.50. The van der Waals surface area contributed by atoms with Crippen LogP contribution in [-0.2, 0) is 4.74 Å². The molecule has 0 bridgehead atoms. The first-order valence-corrected chi connectivity index (χ1v) is 9.59. The molecule has 2 aliphatic rings. The molecule has 27 heavy (non-hydrogen) atoms. The third-order valence-corrected chi connectivity index (χ3v) is 5.19. The van der Waals surface area contributed by atoms with Crippen molar-refractivity contribution in [3.63, 3.8) is 0 Å². The van der Waals surface area contributed by atoms with Crippen molar-refractivity contribution in [2.75, 3.05) is 67.6 Å². The molecule has 1 N–H and O–H groups in total. The Morgan fingerprint density at radius 1 is 0.778 bits per heavy atom. The number of morpholine rings is 1. The number of nitrogens with one attached hydrogen (secondary N) is 1. The van der Waals surface area contributed by atoms with Crippen LogP contribution in [0.4, 0.5) is 21.9 Å². The molecule has 2 aromatic carbocycles. The minimum Gasteiger partial charge on any atom is -0.378 e. The van der Waals surface area contributed by atoms with Crippen molar-refractivity contribution < 1.29 is 9.53 Å². The fourth-order valence-electron chi connectivity index (χ4n) is 3.66. The van der Waals surface area contributed by atoms with Gasteiger partial charge in [0.2, 0.25) is 0 Å². The van der Waals surface area contributed by atoms with Crippen molar-refractivity contribution in [2.45, 2.75) is 0 Å².